The largest absolute Gasteiger partial charge is 0.462 e. The zero-order chi connectivity index (χ0) is 16.9. The van der Waals surface area contributed by atoms with Crippen molar-refractivity contribution in [3.63, 3.8) is 0 Å². The fraction of sp³-hybridized carbons (Fsp3) is 0.667. The van der Waals surface area contributed by atoms with Gasteiger partial charge in [0.25, 0.3) is 0 Å². The van der Waals surface area contributed by atoms with Crippen LogP contribution in [0.15, 0.2) is 11.1 Å². The number of likely N-dealkylation sites (tertiary alicyclic amines) is 1. The minimum absolute atomic E-state index is 0.0840. The second-order valence-corrected chi connectivity index (χ2v) is 5.88. The minimum Gasteiger partial charge on any atom is -0.462 e. The molecule has 7 heteroatoms. The predicted octanol–water partition coefficient (Wildman–Crippen LogP) is 2.35. The molecule has 0 spiro atoms. The molecule has 0 N–H and O–H groups in total. The lowest BCUT2D eigenvalue weighted by atomic mass is 9.97. The van der Waals surface area contributed by atoms with E-state index in [1.54, 1.807) is 33.8 Å². The first-order valence-electron chi connectivity index (χ1n) is 7.11. The van der Waals surface area contributed by atoms with Crippen molar-refractivity contribution in [3.8, 4) is 6.07 Å². The zero-order valence-corrected chi connectivity index (χ0v) is 13.3. The predicted molar refractivity (Wildman–Crippen MR) is 76.6 cm³/mol. The molecule has 122 valence electrons. The van der Waals surface area contributed by atoms with Crippen LogP contribution in [0.4, 0.5) is 9.18 Å². The number of carbonyl (C=O) groups is 2. The van der Waals surface area contributed by atoms with Crippen LogP contribution in [0.25, 0.3) is 0 Å². The SMILES string of the molecule is CCOC(=O)/C(C#N)=C1/CCN(C(=O)OC(C)(C)C)CC1F. The first-order valence-corrected chi connectivity index (χ1v) is 7.11. The van der Waals surface area contributed by atoms with Gasteiger partial charge in [0.2, 0.25) is 0 Å². The molecule has 1 unspecified atom stereocenters. The van der Waals surface area contributed by atoms with Gasteiger partial charge in [-0.15, -0.1) is 0 Å². The summed E-state index contributed by atoms with van der Waals surface area (Å²) in [5.74, 6) is -0.826. The summed E-state index contributed by atoms with van der Waals surface area (Å²) in [6.07, 6.45) is -2.09. The molecule has 0 saturated carbocycles. The first-order chi connectivity index (χ1) is 10.2. The van der Waals surface area contributed by atoms with E-state index in [2.05, 4.69) is 0 Å². The third kappa shape index (κ3) is 4.72. The van der Waals surface area contributed by atoms with Gasteiger partial charge in [-0.25, -0.2) is 14.0 Å². The number of alkyl halides is 1. The summed E-state index contributed by atoms with van der Waals surface area (Å²) in [6.45, 7) is 6.84. The number of rotatable bonds is 2. The van der Waals surface area contributed by atoms with Crippen molar-refractivity contribution in [1.29, 1.82) is 5.26 Å². The average molecular weight is 312 g/mol. The first kappa shape index (κ1) is 18.0. The highest BCUT2D eigenvalue weighted by atomic mass is 19.1. The van der Waals surface area contributed by atoms with Crippen molar-refractivity contribution >= 4 is 12.1 Å². The fourth-order valence-electron chi connectivity index (χ4n) is 2.03. The van der Waals surface area contributed by atoms with Crippen LogP contribution in [0.5, 0.6) is 0 Å². The molecule has 22 heavy (non-hydrogen) atoms. The van der Waals surface area contributed by atoms with Crippen molar-refractivity contribution < 1.29 is 23.5 Å². The molecule has 6 nitrogen and oxygen atoms in total. The minimum atomic E-state index is -1.58. The molecule has 0 aliphatic carbocycles. The van der Waals surface area contributed by atoms with Crippen LogP contribution in [0.2, 0.25) is 0 Å². The van der Waals surface area contributed by atoms with Gasteiger partial charge in [-0.3, -0.25) is 0 Å². The Morgan fingerprint density at radius 1 is 1.45 bits per heavy atom. The second kappa shape index (κ2) is 7.25. The lowest BCUT2D eigenvalue weighted by Gasteiger charge is -2.32. The Kier molecular flexibility index (Phi) is 5.92. The maximum absolute atomic E-state index is 14.3. The number of halogens is 1. The van der Waals surface area contributed by atoms with Crippen LogP contribution in [0.1, 0.15) is 34.1 Å². The molecule has 1 heterocycles. The molecule has 0 radical (unpaired) electrons. The summed E-state index contributed by atoms with van der Waals surface area (Å²) in [4.78, 5) is 24.8. The summed E-state index contributed by atoms with van der Waals surface area (Å²) >= 11 is 0. The Balaban J connectivity index is 2.83. The number of piperidine rings is 1. The van der Waals surface area contributed by atoms with Crippen molar-refractivity contribution in [1.82, 2.24) is 4.90 Å². The maximum Gasteiger partial charge on any atom is 0.410 e. The van der Waals surface area contributed by atoms with E-state index in [1.165, 1.54) is 4.90 Å². The number of esters is 1. The van der Waals surface area contributed by atoms with Crippen LogP contribution in [-0.2, 0) is 14.3 Å². The van der Waals surface area contributed by atoms with Gasteiger partial charge < -0.3 is 14.4 Å². The number of hydrogen-bond donors (Lipinski definition) is 0. The van der Waals surface area contributed by atoms with E-state index < -0.39 is 23.8 Å². The summed E-state index contributed by atoms with van der Waals surface area (Å²) < 4.78 is 24.2. The summed E-state index contributed by atoms with van der Waals surface area (Å²) in [5, 5.41) is 9.04. The maximum atomic E-state index is 14.3. The Hall–Kier alpha value is -2.10. The lowest BCUT2D eigenvalue weighted by Crippen LogP contribution is -2.44. The Labute approximate surface area is 129 Å². The zero-order valence-electron chi connectivity index (χ0n) is 13.3. The van der Waals surface area contributed by atoms with Gasteiger partial charge in [0.15, 0.2) is 0 Å². The topological polar surface area (TPSA) is 79.6 Å². The number of ether oxygens (including phenoxy) is 2. The van der Waals surface area contributed by atoms with Crippen molar-refractivity contribution in [2.24, 2.45) is 0 Å². The highest BCUT2D eigenvalue weighted by Crippen LogP contribution is 2.25. The van der Waals surface area contributed by atoms with Gasteiger partial charge in [0, 0.05) is 6.54 Å². The van der Waals surface area contributed by atoms with E-state index in [9.17, 15) is 14.0 Å². The molecule has 1 aliphatic heterocycles. The molecule has 0 bridgehead atoms. The number of nitriles is 1. The van der Waals surface area contributed by atoms with Crippen LogP contribution in [0.3, 0.4) is 0 Å². The van der Waals surface area contributed by atoms with Crippen LogP contribution in [-0.4, -0.2) is 48.4 Å². The molecular weight excluding hydrogens is 291 g/mol. The summed E-state index contributed by atoms with van der Waals surface area (Å²) in [5.41, 5.74) is -0.888. The number of carbonyl (C=O) groups excluding carboxylic acids is 2. The lowest BCUT2D eigenvalue weighted by molar-refractivity contribution is -0.138. The Morgan fingerprint density at radius 2 is 2.09 bits per heavy atom. The van der Waals surface area contributed by atoms with E-state index in [0.717, 1.165) is 0 Å². The molecule has 1 amide bonds. The molecule has 0 aromatic rings. The third-order valence-corrected chi connectivity index (χ3v) is 2.97. The number of hydrogen-bond acceptors (Lipinski definition) is 5. The fourth-order valence-corrected chi connectivity index (χ4v) is 2.03. The highest BCUT2D eigenvalue weighted by molar-refractivity contribution is 5.94. The van der Waals surface area contributed by atoms with E-state index in [1.807, 2.05) is 0 Å². The van der Waals surface area contributed by atoms with Gasteiger partial charge in [0.05, 0.1) is 13.2 Å². The molecule has 0 aromatic carbocycles. The molecule has 1 rings (SSSR count). The second-order valence-electron chi connectivity index (χ2n) is 5.88. The third-order valence-electron chi connectivity index (χ3n) is 2.97. The molecule has 1 saturated heterocycles. The molecule has 1 atom stereocenters. The van der Waals surface area contributed by atoms with E-state index >= 15 is 0 Å². The molecule has 1 aliphatic rings. The van der Waals surface area contributed by atoms with Gasteiger partial charge >= 0.3 is 12.1 Å². The normalized spacial score (nSPS) is 20.9. The van der Waals surface area contributed by atoms with E-state index in [0.29, 0.717) is 0 Å². The van der Waals surface area contributed by atoms with Gasteiger partial charge in [-0.1, -0.05) is 0 Å². The van der Waals surface area contributed by atoms with E-state index in [-0.39, 0.29) is 37.3 Å². The molecule has 1 fully saturated rings. The smallest absolute Gasteiger partial charge is 0.410 e. The van der Waals surface area contributed by atoms with Crippen LogP contribution in [0, 0.1) is 11.3 Å². The van der Waals surface area contributed by atoms with Crippen molar-refractivity contribution in [2.45, 2.75) is 45.9 Å². The monoisotopic (exact) mass is 312 g/mol. The quantitative estimate of drug-likeness (QED) is 0.444. The van der Waals surface area contributed by atoms with Gasteiger partial charge in [0.1, 0.15) is 23.4 Å². The number of nitrogens with zero attached hydrogens (tertiary/aromatic N) is 2. The summed E-state index contributed by atoms with van der Waals surface area (Å²) in [6, 6.07) is 1.70. The average Bonchev–Trinajstić information content (AvgIpc) is 2.39. The molecular formula is C15H21FN2O4. The van der Waals surface area contributed by atoms with E-state index in [4.69, 9.17) is 14.7 Å². The van der Waals surface area contributed by atoms with Crippen molar-refractivity contribution in [2.75, 3.05) is 19.7 Å². The Bertz CT molecular complexity index is 517. The highest BCUT2D eigenvalue weighted by Gasteiger charge is 2.33. The molecule has 0 aromatic heterocycles. The number of amides is 1. The van der Waals surface area contributed by atoms with Gasteiger partial charge in [-0.05, 0) is 39.7 Å². The van der Waals surface area contributed by atoms with Crippen molar-refractivity contribution in [3.05, 3.63) is 11.1 Å². The van der Waals surface area contributed by atoms with Crippen LogP contribution < -0.4 is 0 Å². The van der Waals surface area contributed by atoms with Gasteiger partial charge in [-0.2, -0.15) is 5.26 Å². The van der Waals surface area contributed by atoms with Crippen LogP contribution >= 0.6 is 0 Å². The summed E-state index contributed by atoms with van der Waals surface area (Å²) in [7, 11) is 0. The standard InChI is InChI=1S/C15H21FN2O4/c1-5-21-13(19)11(8-17)10-6-7-18(9-12(10)16)14(20)22-15(2,3)4/h12H,5-7,9H2,1-4H3/b11-10-. The Morgan fingerprint density at radius 3 is 2.55 bits per heavy atom.